The Kier molecular flexibility index (Phi) is 8.81. The number of hydrogen-bond acceptors (Lipinski definition) is 7. The fourth-order valence-electron chi connectivity index (χ4n) is 4.24. The number of Topliss-reactive ketones (excluding diaryl/α,β-unsaturated/α-hetero) is 1. The number of nitrogens with zero attached hydrogens (tertiary/aromatic N) is 3. The predicted molar refractivity (Wildman–Crippen MR) is 144 cm³/mol. The number of benzene rings is 2. The van der Waals surface area contributed by atoms with E-state index in [9.17, 15) is 9.59 Å². The Labute approximate surface area is 225 Å². The van der Waals surface area contributed by atoms with Crippen molar-refractivity contribution in [3.05, 3.63) is 52.1 Å². The summed E-state index contributed by atoms with van der Waals surface area (Å²) in [5.41, 5.74) is 2.92. The quantitative estimate of drug-likeness (QED) is 0.444. The molecule has 0 aliphatic carbocycles. The van der Waals surface area contributed by atoms with Crippen molar-refractivity contribution >= 4 is 33.7 Å². The van der Waals surface area contributed by atoms with Crippen LogP contribution in [-0.4, -0.2) is 56.3 Å². The Hall–Kier alpha value is -3.58. The van der Waals surface area contributed by atoms with Gasteiger partial charge < -0.3 is 24.4 Å². The van der Waals surface area contributed by atoms with Gasteiger partial charge in [-0.1, -0.05) is 20.8 Å². The number of amides is 1. The lowest BCUT2D eigenvalue weighted by atomic mass is 9.84. The summed E-state index contributed by atoms with van der Waals surface area (Å²) in [4.78, 5) is 27.8. The van der Waals surface area contributed by atoms with E-state index in [2.05, 4.69) is 25.5 Å². The van der Waals surface area contributed by atoms with E-state index in [4.69, 9.17) is 19.5 Å². The number of ketones is 1. The lowest BCUT2D eigenvalue weighted by molar-refractivity contribution is 0.0953. The Morgan fingerprint density at radius 1 is 1.19 bits per heavy atom. The lowest BCUT2D eigenvalue weighted by Gasteiger charge is -2.25. The molecule has 196 valence electrons. The Bertz CT molecular complexity index is 1280. The Balaban J connectivity index is 1.98. The highest BCUT2D eigenvalue weighted by Gasteiger charge is 2.31. The van der Waals surface area contributed by atoms with Gasteiger partial charge in [0.25, 0.3) is 5.91 Å². The number of halogens is 1. The van der Waals surface area contributed by atoms with Gasteiger partial charge in [0.2, 0.25) is 0 Å². The number of nitriles is 1. The van der Waals surface area contributed by atoms with Crippen LogP contribution in [0.2, 0.25) is 0 Å². The first-order valence-electron chi connectivity index (χ1n) is 11.8. The number of rotatable bonds is 9. The summed E-state index contributed by atoms with van der Waals surface area (Å²) in [5.74, 6) is 1.44. The third-order valence-electron chi connectivity index (χ3n) is 5.97. The van der Waals surface area contributed by atoms with Crippen molar-refractivity contribution < 1.29 is 23.8 Å². The van der Waals surface area contributed by atoms with Crippen molar-refractivity contribution in [2.75, 3.05) is 33.9 Å². The number of carbonyl (C=O) groups is 2. The molecule has 1 heterocycles. The molecule has 0 bridgehead atoms. The van der Waals surface area contributed by atoms with E-state index in [1.54, 1.807) is 19.2 Å². The number of ether oxygens (including phenoxy) is 3. The first-order chi connectivity index (χ1) is 17.6. The molecule has 10 heteroatoms. The molecule has 0 atom stereocenters. The average molecular weight is 571 g/mol. The summed E-state index contributed by atoms with van der Waals surface area (Å²) in [6.07, 6.45) is 0. The molecule has 1 amide bonds. The van der Waals surface area contributed by atoms with E-state index in [0.717, 1.165) is 16.7 Å². The van der Waals surface area contributed by atoms with E-state index in [1.165, 1.54) is 7.11 Å². The van der Waals surface area contributed by atoms with E-state index in [1.807, 2.05) is 50.8 Å². The van der Waals surface area contributed by atoms with Gasteiger partial charge in [-0.3, -0.25) is 9.59 Å². The molecular formula is C27H31BrN4O5. The molecule has 0 unspecified atom stereocenters. The van der Waals surface area contributed by atoms with Crippen molar-refractivity contribution in [2.45, 2.75) is 39.7 Å². The summed E-state index contributed by atoms with van der Waals surface area (Å²) in [5, 5.41) is 11.6. The summed E-state index contributed by atoms with van der Waals surface area (Å²) in [6.45, 7) is 8.58. The largest absolute Gasteiger partial charge is 0.493 e. The molecule has 1 aliphatic heterocycles. The first-order valence-corrected chi connectivity index (χ1v) is 12.5. The Morgan fingerprint density at radius 2 is 1.92 bits per heavy atom. The molecule has 37 heavy (non-hydrogen) atoms. The highest BCUT2D eigenvalue weighted by atomic mass is 79.9. The Morgan fingerprint density at radius 3 is 2.49 bits per heavy atom. The molecule has 0 fully saturated rings. The molecule has 9 nitrogen and oxygen atoms in total. The van der Waals surface area contributed by atoms with Gasteiger partial charge in [-0.2, -0.15) is 9.28 Å². The van der Waals surface area contributed by atoms with Crippen molar-refractivity contribution in [3.8, 4) is 23.3 Å². The predicted octanol–water partition coefficient (Wildman–Crippen LogP) is 4.41. The van der Waals surface area contributed by atoms with Crippen LogP contribution in [0.3, 0.4) is 0 Å². The molecule has 2 aromatic rings. The van der Waals surface area contributed by atoms with Gasteiger partial charge in [0.15, 0.2) is 23.9 Å². The van der Waals surface area contributed by atoms with Crippen LogP contribution in [-0.2, 0) is 12.0 Å². The molecule has 0 saturated carbocycles. The molecule has 1 N–H and O–H groups in total. The van der Waals surface area contributed by atoms with Crippen molar-refractivity contribution in [3.63, 3.8) is 0 Å². The summed E-state index contributed by atoms with van der Waals surface area (Å²) in [7, 11) is 3.10. The van der Waals surface area contributed by atoms with Crippen molar-refractivity contribution in [2.24, 2.45) is 4.02 Å². The fraction of sp³-hybridized carbons (Fsp3) is 0.407. The number of hydrogen-bond donors (Lipinski definition) is 1. The van der Waals surface area contributed by atoms with Gasteiger partial charge in [0.05, 0.1) is 42.0 Å². The topological polar surface area (TPSA) is 113 Å². The number of carbonyl (C=O) groups excluding carboxylic acids is 2. The van der Waals surface area contributed by atoms with Crippen LogP contribution >= 0.6 is 16.1 Å². The minimum atomic E-state index is -0.343. The molecule has 0 spiro atoms. The molecule has 0 radical (unpaired) electrons. The van der Waals surface area contributed by atoms with Crippen molar-refractivity contribution in [1.29, 1.82) is 5.26 Å². The van der Waals surface area contributed by atoms with Crippen LogP contribution in [0.5, 0.6) is 17.2 Å². The minimum Gasteiger partial charge on any atom is -0.493 e. The zero-order valence-electron chi connectivity index (χ0n) is 21.9. The van der Waals surface area contributed by atoms with E-state index < -0.39 is 0 Å². The highest BCUT2D eigenvalue weighted by molar-refractivity contribution is 9.08. The van der Waals surface area contributed by atoms with Crippen LogP contribution < -0.4 is 19.5 Å². The number of methoxy groups -OCH3 is 1. The SMILES string of the molecule is CCOc1cc2c(cc1C(=O)NC)C(=NBr)N(CC(=O)c1cc(OCC#N)c(OC)c(C(C)(C)C)c1)C2. The molecular weight excluding hydrogens is 540 g/mol. The monoisotopic (exact) mass is 570 g/mol. The first kappa shape index (κ1) is 28.0. The fourth-order valence-corrected chi connectivity index (χ4v) is 4.66. The second-order valence-corrected chi connectivity index (χ2v) is 9.81. The van der Waals surface area contributed by atoms with Gasteiger partial charge in [0.1, 0.15) is 17.7 Å². The van der Waals surface area contributed by atoms with Gasteiger partial charge >= 0.3 is 0 Å². The summed E-state index contributed by atoms with van der Waals surface area (Å²) in [6, 6.07) is 8.94. The van der Waals surface area contributed by atoms with E-state index in [0.29, 0.717) is 47.4 Å². The minimum absolute atomic E-state index is 0.0337. The van der Waals surface area contributed by atoms with E-state index >= 15 is 0 Å². The molecule has 2 aromatic carbocycles. The number of fused-ring (bicyclic) bond motifs is 1. The van der Waals surface area contributed by atoms with Crippen LogP contribution in [0.15, 0.2) is 28.3 Å². The van der Waals surface area contributed by atoms with Gasteiger partial charge in [-0.25, -0.2) is 0 Å². The zero-order chi connectivity index (χ0) is 27.3. The van der Waals surface area contributed by atoms with Crippen molar-refractivity contribution in [1.82, 2.24) is 10.2 Å². The van der Waals surface area contributed by atoms with Crippen LogP contribution in [0, 0.1) is 11.3 Å². The molecule has 1 aliphatic rings. The van der Waals surface area contributed by atoms with Gasteiger partial charge in [0, 0.05) is 30.3 Å². The smallest absolute Gasteiger partial charge is 0.254 e. The third-order valence-corrected chi connectivity index (χ3v) is 6.31. The van der Waals surface area contributed by atoms with Crippen LogP contribution in [0.25, 0.3) is 0 Å². The normalized spacial score (nSPS) is 13.7. The number of nitrogens with one attached hydrogen (secondary N) is 1. The van der Waals surface area contributed by atoms with Crippen LogP contribution in [0.4, 0.5) is 0 Å². The summed E-state index contributed by atoms with van der Waals surface area (Å²) >= 11 is 3.19. The second-order valence-electron chi connectivity index (χ2n) is 9.46. The highest BCUT2D eigenvalue weighted by Crippen LogP contribution is 2.40. The maximum atomic E-state index is 13.5. The number of amidine groups is 1. The molecule has 0 aromatic heterocycles. The van der Waals surface area contributed by atoms with E-state index in [-0.39, 0.29) is 30.3 Å². The summed E-state index contributed by atoms with van der Waals surface area (Å²) < 4.78 is 21.2. The maximum Gasteiger partial charge on any atom is 0.254 e. The maximum absolute atomic E-state index is 13.5. The second kappa shape index (κ2) is 11.6. The standard InChI is InChI=1S/C27H31BrN4O5/c1-7-36-22-12-17-14-32(25(31-28)18(17)13-19(22)26(34)30-5)15-21(33)16-10-20(27(2,3)4)24(35-6)23(11-16)37-9-8-29/h10-13H,7,9,14-15H2,1-6H3,(H,30,34). The lowest BCUT2D eigenvalue weighted by Crippen LogP contribution is -2.31. The zero-order valence-corrected chi connectivity index (χ0v) is 23.5. The van der Waals surface area contributed by atoms with Gasteiger partial charge in [-0.15, -0.1) is 0 Å². The average Bonchev–Trinajstić information content (AvgIpc) is 3.20. The third kappa shape index (κ3) is 5.88. The van der Waals surface area contributed by atoms with Crippen LogP contribution in [0.1, 0.15) is 65.1 Å². The van der Waals surface area contributed by atoms with Gasteiger partial charge in [-0.05, 0) is 42.2 Å². The molecule has 0 saturated heterocycles. The molecule has 3 rings (SSSR count).